The topological polar surface area (TPSA) is 0 Å². The van der Waals surface area contributed by atoms with Crippen LogP contribution >= 0.6 is 11.3 Å². The van der Waals surface area contributed by atoms with Gasteiger partial charge in [0.2, 0.25) is 0 Å². The number of fused-ring (bicyclic) bond motifs is 11. The molecule has 12 rings (SSSR count). The fraction of sp³-hybridized carbons (Fsp3) is 0.107. The lowest BCUT2D eigenvalue weighted by Gasteiger charge is -2.23. The normalized spacial score (nSPS) is 14.6. The molecule has 270 valence electrons. The lowest BCUT2D eigenvalue weighted by Crippen LogP contribution is -2.14. The van der Waals surface area contributed by atoms with E-state index in [9.17, 15) is 0 Å². The minimum absolute atomic E-state index is 0.0445. The first-order chi connectivity index (χ1) is 27.8. The van der Waals surface area contributed by atoms with Crippen LogP contribution in [0.5, 0.6) is 0 Å². The van der Waals surface area contributed by atoms with Crippen molar-refractivity contribution in [1.29, 1.82) is 0 Å². The van der Waals surface area contributed by atoms with E-state index < -0.39 is 0 Å². The molecule has 0 spiro atoms. The number of benzene rings is 9. The Labute approximate surface area is 337 Å². The van der Waals surface area contributed by atoms with Crippen LogP contribution in [0.25, 0.3) is 97.4 Å². The molecule has 0 amide bonds. The molecule has 10 aromatic rings. The average molecular weight is 745 g/mol. The van der Waals surface area contributed by atoms with Gasteiger partial charge in [0.15, 0.2) is 0 Å². The lowest BCUT2D eigenvalue weighted by molar-refractivity contribution is 0.660. The van der Waals surface area contributed by atoms with E-state index in [1.54, 1.807) is 0 Å². The Morgan fingerprint density at radius 2 is 0.772 bits per heavy atom. The predicted octanol–water partition coefficient (Wildman–Crippen LogP) is 16.0. The smallest absolute Gasteiger partial charge is 0.0355 e. The van der Waals surface area contributed by atoms with Crippen LogP contribution < -0.4 is 0 Å². The SMILES string of the molecule is CC1(C)c2ccccc2-c2cc(-c3c4ccccc4c(-c4ccc5sc6ccccc6c5c4)c4ccc(-c5ccc6c(c5)C(C)(C)c5ccccc5-6)cc34)ccc21. The molecule has 0 unspecified atom stereocenters. The van der Waals surface area contributed by atoms with E-state index in [1.165, 1.54) is 120 Å². The molecule has 2 aliphatic rings. The summed E-state index contributed by atoms with van der Waals surface area (Å²) in [4.78, 5) is 0. The van der Waals surface area contributed by atoms with Crippen molar-refractivity contribution in [3.05, 3.63) is 192 Å². The van der Waals surface area contributed by atoms with Crippen molar-refractivity contribution in [1.82, 2.24) is 0 Å². The van der Waals surface area contributed by atoms with Crippen LogP contribution in [0.1, 0.15) is 49.9 Å². The molecule has 0 nitrogen and oxygen atoms in total. The van der Waals surface area contributed by atoms with Crippen LogP contribution in [0.3, 0.4) is 0 Å². The number of hydrogen-bond acceptors (Lipinski definition) is 1. The standard InChI is InChI=1S/C56H40S/c1-55(2)48-19-11-8-14-38(48)44-30-35(23-27-49(44)55)54-42-17-6-5-16-41(42)53(36-24-28-52-45(31-36)40-15-9-12-20-51(40)57-52)43-26-22-33(29-46(43)54)34-21-25-39-37-13-7-10-18-47(37)56(3,4)50(39)32-34/h5-32H,1-4H3. The van der Waals surface area contributed by atoms with Gasteiger partial charge < -0.3 is 0 Å². The monoisotopic (exact) mass is 744 g/mol. The first-order valence-corrected chi connectivity index (χ1v) is 21.0. The van der Waals surface area contributed by atoms with Crippen LogP contribution in [0.4, 0.5) is 0 Å². The maximum atomic E-state index is 2.49. The van der Waals surface area contributed by atoms with E-state index in [1.807, 2.05) is 11.3 Å². The Kier molecular flexibility index (Phi) is 6.72. The Morgan fingerprint density at radius 3 is 1.54 bits per heavy atom. The van der Waals surface area contributed by atoms with Gasteiger partial charge in [0, 0.05) is 31.0 Å². The minimum atomic E-state index is -0.0632. The zero-order chi connectivity index (χ0) is 38.2. The molecule has 0 saturated heterocycles. The predicted molar refractivity (Wildman–Crippen MR) is 246 cm³/mol. The minimum Gasteiger partial charge on any atom is -0.135 e. The second-order valence-electron chi connectivity index (χ2n) is 17.2. The van der Waals surface area contributed by atoms with E-state index in [0.29, 0.717) is 0 Å². The van der Waals surface area contributed by atoms with E-state index in [0.717, 1.165) is 0 Å². The van der Waals surface area contributed by atoms with Crippen molar-refractivity contribution in [3.63, 3.8) is 0 Å². The summed E-state index contributed by atoms with van der Waals surface area (Å²) in [7, 11) is 0. The van der Waals surface area contributed by atoms with Gasteiger partial charge >= 0.3 is 0 Å². The van der Waals surface area contributed by atoms with E-state index in [4.69, 9.17) is 0 Å². The van der Waals surface area contributed by atoms with Crippen LogP contribution in [0.2, 0.25) is 0 Å². The van der Waals surface area contributed by atoms with Gasteiger partial charge in [-0.3, -0.25) is 0 Å². The number of hydrogen-bond donors (Lipinski definition) is 0. The zero-order valence-electron chi connectivity index (χ0n) is 32.6. The molecule has 0 saturated carbocycles. The second-order valence-corrected chi connectivity index (χ2v) is 18.3. The van der Waals surface area contributed by atoms with Crippen molar-refractivity contribution in [2.45, 2.75) is 38.5 Å². The first-order valence-electron chi connectivity index (χ1n) is 20.2. The van der Waals surface area contributed by atoms with E-state index >= 15 is 0 Å². The van der Waals surface area contributed by atoms with E-state index in [-0.39, 0.29) is 10.8 Å². The Bertz CT molecular complexity index is 3350. The molecule has 1 aromatic heterocycles. The van der Waals surface area contributed by atoms with Crippen LogP contribution in [0, 0.1) is 0 Å². The highest BCUT2D eigenvalue weighted by Gasteiger charge is 2.36. The van der Waals surface area contributed by atoms with Crippen molar-refractivity contribution in [3.8, 4) is 55.6 Å². The highest BCUT2D eigenvalue weighted by atomic mass is 32.1. The second kappa shape index (κ2) is 11.6. The quantitative estimate of drug-likeness (QED) is 0.158. The maximum Gasteiger partial charge on any atom is 0.0355 e. The molecule has 2 aliphatic carbocycles. The third-order valence-electron chi connectivity index (χ3n) is 13.5. The van der Waals surface area contributed by atoms with Gasteiger partial charge in [0.25, 0.3) is 0 Å². The van der Waals surface area contributed by atoms with E-state index in [2.05, 4.69) is 198 Å². The number of rotatable bonds is 3. The van der Waals surface area contributed by atoms with Crippen molar-refractivity contribution in [2.75, 3.05) is 0 Å². The van der Waals surface area contributed by atoms with Gasteiger partial charge in [0.05, 0.1) is 0 Å². The molecule has 0 radical (unpaired) electrons. The molecule has 9 aromatic carbocycles. The summed E-state index contributed by atoms with van der Waals surface area (Å²) >= 11 is 1.88. The fourth-order valence-electron chi connectivity index (χ4n) is 10.6. The largest absolute Gasteiger partial charge is 0.135 e. The van der Waals surface area contributed by atoms with Crippen molar-refractivity contribution in [2.24, 2.45) is 0 Å². The molecule has 1 heteroatoms. The first kappa shape index (κ1) is 32.9. The summed E-state index contributed by atoms with van der Waals surface area (Å²) in [6.07, 6.45) is 0. The van der Waals surface area contributed by atoms with Gasteiger partial charge in [-0.25, -0.2) is 0 Å². The highest BCUT2D eigenvalue weighted by molar-refractivity contribution is 7.25. The van der Waals surface area contributed by atoms with Crippen LogP contribution in [-0.2, 0) is 10.8 Å². The molecule has 0 bridgehead atoms. The van der Waals surface area contributed by atoms with Gasteiger partial charge in [-0.2, -0.15) is 0 Å². The Hall–Kier alpha value is -6.28. The summed E-state index contributed by atoms with van der Waals surface area (Å²) in [5.74, 6) is 0. The van der Waals surface area contributed by atoms with Gasteiger partial charge in [-0.15, -0.1) is 11.3 Å². The lowest BCUT2D eigenvalue weighted by atomic mass is 9.80. The van der Waals surface area contributed by atoms with Gasteiger partial charge in [-0.05, 0) is 136 Å². The highest BCUT2D eigenvalue weighted by Crippen LogP contribution is 2.53. The summed E-state index contributed by atoms with van der Waals surface area (Å²) in [5, 5.41) is 7.78. The summed E-state index contributed by atoms with van der Waals surface area (Å²) in [6, 6.07) is 64.7. The number of thiophene rings is 1. The molecule has 0 N–H and O–H groups in total. The fourth-order valence-corrected chi connectivity index (χ4v) is 11.7. The van der Waals surface area contributed by atoms with Crippen LogP contribution in [0.15, 0.2) is 170 Å². The Morgan fingerprint density at radius 1 is 0.298 bits per heavy atom. The average Bonchev–Trinajstić information content (AvgIpc) is 3.81. The summed E-state index contributed by atoms with van der Waals surface area (Å²) in [5.41, 5.74) is 18.5. The molecule has 0 aliphatic heterocycles. The third kappa shape index (κ3) is 4.55. The Balaban J connectivity index is 1.15. The zero-order valence-corrected chi connectivity index (χ0v) is 33.4. The molecule has 57 heavy (non-hydrogen) atoms. The van der Waals surface area contributed by atoms with Crippen LogP contribution in [-0.4, -0.2) is 0 Å². The van der Waals surface area contributed by atoms with Crippen molar-refractivity contribution >= 4 is 53.1 Å². The molecular formula is C56H40S. The maximum absolute atomic E-state index is 2.49. The van der Waals surface area contributed by atoms with Gasteiger partial charge in [0.1, 0.15) is 0 Å². The van der Waals surface area contributed by atoms with Crippen molar-refractivity contribution < 1.29 is 0 Å². The summed E-state index contributed by atoms with van der Waals surface area (Å²) in [6.45, 7) is 9.48. The third-order valence-corrected chi connectivity index (χ3v) is 14.6. The molecular weight excluding hydrogens is 705 g/mol. The molecule has 0 fully saturated rings. The molecule has 0 atom stereocenters. The van der Waals surface area contributed by atoms with Gasteiger partial charge in [-0.1, -0.05) is 161 Å². The summed E-state index contributed by atoms with van der Waals surface area (Å²) < 4.78 is 2.66. The molecule has 1 heterocycles.